The molecule has 1 rings (SSSR count). The lowest BCUT2D eigenvalue weighted by Crippen LogP contribution is -2.39. The average molecular weight is 340 g/mol. The molecule has 0 unspecified atom stereocenters. The van der Waals surface area contributed by atoms with Gasteiger partial charge in [-0.2, -0.15) is 0 Å². The van der Waals surface area contributed by atoms with Crippen LogP contribution in [0.2, 0.25) is 0 Å². The summed E-state index contributed by atoms with van der Waals surface area (Å²) in [4.78, 5) is 22.7. The fourth-order valence-corrected chi connectivity index (χ4v) is 2.32. The highest BCUT2D eigenvalue weighted by Gasteiger charge is 2.17. The van der Waals surface area contributed by atoms with Crippen molar-refractivity contribution < 1.29 is 14.7 Å². The third kappa shape index (κ3) is 5.17. The third-order valence-electron chi connectivity index (χ3n) is 2.76. The molecule has 1 atom stereocenters. The molecule has 1 amide bonds. The first kappa shape index (κ1) is 16.4. The summed E-state index contributed by atoms with van der Waals surface area (Å²) in [5.74, 6) is -1.41. The maximum Gasteiger partial charge on any atom is 0.326 e. The lowest BCUT2D eigenvalue weighted by molar-refractivity contribution is -0.141. The molecular formula is C15H18BrNO3. The predicted molar refractivity (Wildman–Crippen MR) is 82.4 cm³/mol. The van der Waals surface area contributed by atoms with Crippen molar-refractivity contribution in [1.82, 2.24) is 5.32 Å². The van der Waals surface area contributed by atoms with Gasteiger partial charge in [0.15, 0.2) is 0 Å². The number of amides is 1. The maximum atomic E-state index is 11.7. The molecule has 0 aliphatic heterocycles. The number of hydrogen-bond donors (Lipinski definition) is 2. The van der Waals surface area contributed by atoms with Crippen LogP contribution in [0.3, 0.4) is 0 Å². The van der Waals surface area contributed by atoms with E-state index in [1.165, 1.54) is 6.08 Å². The van der Waals surface area contributed by atoms with Crippen molar-refractivity contribution in [1.29, 1.82) is 0 Å². The lowest BCUT2D eigenvalue weighted by Gasteiger charge is -2.11. The monoisotopic (exact) mass is 339 g/mol. The molecule has 2 N–H and O–H groups in total. The van der Waals surface area contributed by atoms with Gasteiger partial charge in [0.25, 0.3) is 0 Å². The number of nitrogens with one attached hydrogen (secondary N) is 1. The molecule has 0 saturated heterocycles. The highest BCUT2D eigenvalue weighted by Crippen LogP contribution is 2.19. The Kier molecular flexibility index (Phi) is 6.45. The molecule has 1 aromatic carbocycles. The van der Waals surface area contributed by atoms with Crippen molar-refractivity contribution >= 4 is 33.9 Å². The fraction of sp³-hybridized carbons (Fsp3) is 0.333. The van der Waals surface area contributed by atoms with Crippen molar-refractivity contribution in [2.24, 2.45) is 0 Å². The number of aliphatic carboxylic acids is 1. The molecular weight excluding hydrogens is 322 g/mol. The summed E-state index contributed by atoms with van der Waals surface area (Å²) in [6.45, 7) is 3.86. The van der Waals surface area contributed by atoms with Crippen molar-refractivity contribution in [3.63, 3.8) is 0 Å². The zero-order valence-electron chi connectivity index (χ0n) is 11.5. The zero-order valence-corrected chi connectivity index (χ0v) is 13.1. The molecule has 0 aliphatic carbocycles. The molecule has 0 heterocycles. The number of carbonyl (C=O) groups is 2. The highest BCUT2D eigenvalue weighted by molar-refractivity contribution is 9.10. The van der Waals surface area contributed by atoms with Gasteiger partial charge in [0.1, 0.15) is 6.04 Å². The van der Waals surface area contributed by atoms with Gasteiger partial charge in [-0.25, -0.2) is 4.79 Å². The second-order valence-corrected chi connectivity index (χ2v) is 5.40. The van der Waals surface area contributed by atoms with E-state index in [1.54, 1.807) is 6.08 Å². The average Bonchev–Trinajstić information content (AvgIpc) is 2.37. The van der Waals surface area contributed by atoms with Crippen molar-refractivity contribution in [3.05, 3.63) is 39.9 Å². The van der Waals surface area contributed by atoms with E-state index in [1.807, 2.05) is 32.0 Å². The minimum atomic E-state index is -1.01. The Morgan fingerprint density at radius 3 is 2.70 bits per heavy atom. The molecule has 20 heavy (non-hydrogen) atoms. The zero-order chi connectivity index (χ0) is 15.1. The normalized spacial score (nSPS) is 12.3. The van der Waals surface area contributed by atoms with Gasteiger partial charge in [-0.05, 0) is 36.6 Å². The summed E-state index contributed by atoms with van der Waals surface area (Å²) in [7, 11) is 0. The summed E-state index contributed by atoms with van der Waals surface area (Å²) in [5.41, 5.74) is 1.99. The Bertz CT molecular complexity index is 526. The summed E-state index contributed by atoms with van der Waals surface area (Å²) in [6, 6.07) is 4.96. The second kappa shape index (κ2) is 7.85. The smallest absolute Gasteiger partial charge is 0.326 e. The third-order valence-corrected chi connectivity index (χ3v) is 3.45. The van der Waals surface area contributed by atoms with Gasteiger partial charge in [-0.3, -0.25) is 4.79 Å². The van der Waals surface area contributed by atoms with Crippen molar-refractivity contribution in [2.75, 3.05) is 0 Å². The number of hydrogen-bond acceptors (Lipinski definition) is 2. The van der Waals surface area contributed by atoms with Gasteiger partial charge in [0.05, 0.1) is 0 Å². The van der Waals surface area contributed by atoms with Crippen LogP contribution in [-0.4, -0.2) is 23.0 Å². The Morgan fingerprint density at radius 1 is 1.45 bits per heavy atom. The lowest BCUT2D eigenvalue weighted by atomic mass is 10.1. The molecule has 0 saturated carbocycles. The molecule has 0 fully saturated rings. The van der Waals surface area contributed by atoms with Gasteiger partial charge in [0.2, 0.25) is 5.91 Å². The summed E-state index contributed by atoms with van der Waals surface area (Å²) in [5, 5.41) is 11.4. The van der Waals surface area contributed by atoms with Crippen LogP contribution in [0, 0.1) is 6.92 Å². The van der Waals surface area contributed by atoms with E-state index in [0.29, 0.717) is 12.8 Å². The highest BCUT2D eigenvalue weighted by atomic mass is 79.9. The van der Waals surface area contributed by atoms with Crippen LogP contribution in [0.25, 0.3) is 6.08 Å². The first-order valence-corrected chi connectivity index (χ1v) is 7.21. The molecule has 0 radical (unpaired) electrons. The number of rotatable bonds is 6. The van der Waals surface area contributed by atoms with Crippen LogP contribution < -0.4 is 5.32 Å². The molecule has 5 heteroatoms. The van der Waals surface area contributed by atoms with Crippen LogP contribution in [0.15, 0.2) is 28.7 Å². The first-order valence-electron chi connectivity index (χ1n) is 6.41. The van der Waals surface area contributed by atoms with Gasteiger partial charge in [-0.15, -0.1) is 0 Å². The molecule has 0 bridgehead atoms. The van der Waals surface area contributed by atoms with Crippen LogP contribution in [0.1, 0.15) is 30.9 Å². The van der Waals surface area contributed by atoms with Gasteiger partial charge < -0.3 is 10.4 Å². The van der Waals surface area contributed by atoms with E-state index in [-0.39, 0.29) is 0 Å². The minimum absolute atomic E-state index is 0.404. The van der Waals surface area contributed by atoms with E-state index in [2.05, 4.69) is 21.2 Å². The molecule has 4 nitrogen and oxygen atoms in total. The van der Waals surface area contributed by atoms with E-state index < -0.39 is 17.9 Å². The maximum absolute atomic E-state index is 11.7. The minimum Gasteiger partial charge on any atom is -0.480 e. The summed E-state index contributed by atoms with van der Waals surface area (Å²) >= 11 is 3.42. The molecule has 1 aromatic rings. The summed E-state index contributed by atoms with van der Waals surface area (Å²) < 4.78 is 0.893. The quantitative estimate of drug-likeness (QED) is 0.782. The molecule has 108 valence electrons. The number of carbonyl (C=O) groups excluding carboxylic acids is 1. The topological polar surface area (TPSA) is 66.4 Å². The molecule has 0 spiro atoms. The number of halogens is 1. The van der Waals surface area contributed by atoms with Crippen LogP contribution in [0.4, 0.5) is 0 Å². The van der Waals surface area contributed by atoms with Crippen molar-refractivity contribution in [2.45, 2.75) is 32.7 Å². The summed E-state index contributed by atoms with van der Waals surface area (Å²) in [6.07, 6.45) is 4.12. The first-order chi connectivity index (χ1) is 9.43. The van der Waals surface area contributed by atoms with E-state index in [9.17, 15) is 9.59 Å². The number of benzene rings is 1. The van der Waals surface area contributed by atoms with E-state index in [4.69, 9.17) is 5.11 Å². The number of aryl methyl sites for hydroxylation is 1. The largest absolute Gasteiger partial charge is 0.480 e. The second-order valence-electron chi connectivity index (χ2n) is 4.55. The predicted octanol–water partition coefficient (Wildman–Crippen LogP) is 3.14. The Balaban J connectivity index is 2.69. The van der Waals surface area contributed by atoms with E-state index >= 15 is 0 Å². The fourth-order valence-electron chi connectivity index (χ4n) is 1.70. The standard InChI is InChI=1S/C15H18BrNO3/c1-3-4-13(15(19)20)17-14(18)8-7-11-6-5-10(2)9-12(11)16/h5-9,13H,3-4H2,1-2H3,(H,17,18)(H,19,20)/b8-7+/t13-/m1/s1. The Labute approximate surface area is 127 Å². The van der Waals surface area contributed by atoms with Crippen LogP contribution in [-0.2, 0) is 9.59 Å². The number of carboxylic acid groups (broad SMARTS) is 1. The molecule has 0 aromatic heterocycles. The van der Waals surface area contributed by atoms with Crippen LogP contribution >= 0.6 is 15.9 Å². The Morgan fingerprint density at radius 2 is 2.15 bits per heavy atom. The van der Waals surface area contributed by atoms with Gasteiger partial charge in [-0.1, -0.05) is 41.4 Å². The van der Waals surface area contributed by atoms with Gasteiger partial charge >= 0.3 is 5.97 Å². The van der Waals surface area contributed by atoms with Crippen LogP contribution in [0.5, 0.6) is 0 Å². The number of carboxylic acids is 1. The molecule has 0 aliphatic rings. The van der Waals surface area contributed by atoms with Crippen molar-refractivity contribution in [3.8, 4) is 0 Å². The SMILES string of the molecule is CCC[C@@H](NC(=O)/C=C/c1ccc(C)cc1Br)C(=O)O. The Hall–Kier alpha value is -1.62. The van der Waals surface area contributed by atoms with E-state index in [0.717, 1.165) is 15.6 Å². The van der Waals surface area contributed by atoms with Gasteiger partial charge in [0, 0.05) is 10.5 Å².